The highest BCUT2D eigenvalue weighted by Crippen LogP contribution is 2.41. The van der Waals surface area contributed by atoms with Crippen LogP contribution in [0.3, 0.4) is 0 Å². The number of carbonyl (C=O) groups is 4. The predicted molar refractivity (Wildman–Crippen MR) is 270 cm³/mol. The molecule has 76 heavy (non-hydrogen) atoms. The lowest BCUT2D eigenvalue weighted by Gasteiger charge is -2.20. The highest BCUT2D eigenvalue weighted by Gasteiger charge is 2.27. The molecule has 0 spiro atoms. The van der Waals surface area contributed by atoms with E-state index in [1.807, 2.05) is 0 Å². The first-order chi connectivity index (χ1) is 36.2. The van der Waals surface area contributed by atoms with Crippen LogP contribution in [0.1, 0.15) is 108 Å². The predicted octanol–water partition coefficient (Wildman–Crippen LogP) is 9.74. The Morgan fingerprint density at radius 2 is 0.421 bits per heavy atom. The molecule has 8 aromatic rings. The molecular weight excluding hydrogens is 985 g/mol. The molecule has 376 valence electrons. The van der Waals surface area contributed by atoms with Crippen molar-refractivity contribution < 1.29 is 59.3 Å². The number of hydrogen-bond acceptors (Lipinski definition) is 16. The molecule has 0 aliphatic heterocycles. The average Bonchev–Trinajstić information content (AvgIpc) is 3.41. The summed E-state index contributed by atoms with van der Waals surface area (Å²) in [4.78, 5) is 100. The van der Waals surface area contributed by atoms with Gasteiger partial charge in [0.1, 0.15) is 23.0 Å². The Morgan fingerprint density at radius 1 is 0.276 bits per heavy atom. The molecule has 0 amide bonds. The number of carbonyl (C=O) groups excluding carboxylic acids is 4. The fraction of sp³-hybridized carbons (Fsp3) is 0.0714. The van der Waals surface area contributed by atoms with Crippen molar-refractivity contribution in [3.05, 3.63) is 275 Å². The number of aromatic hydroxyl groups is 4. The van der Waals surface area contributed by atoms with Crippen LogP contribution in [0.15, 0.2) is 146 Å². The van der Waals surface area contributed by atoms with Crippen LogP contribution in [-0.4, -0.2) is 63.3 Å². The Morgan fingerprint density at radius 3 is 0.553 bits per heavy atom. The number of non-ortho nitro benzene ring substituents is 4. The van der Waals surface area contributed by atoms with Gasteiger partial charge in [-0.05, 0) is 142 Å². The van der Waals surface area contributed by atoms with Gasteiger partial charge in [-0.25, -0.2) is 0 Å². The standard InChI is InChI=1S/C56H36N4O16/c61-49(29-1-9-45(10-2-29)57(69)70)33-17-37-25-39-19-34(50(62)30-3-11-46(12-4-30)58(71)72)21-41(54(39)66)27-43-23-36(52(64)32-7-15-48(16-8-32)60(75)76)24-44(56(43)68)28-42-22-35(20-40(55(42)67)26-38(18-33)53(37)65)51(63)31-5-13-47(14-6-31)59(73)74/h1-24,65-68H,25-28H2. The molecular formula is C56H36N4O16. The second kappa shape index (κ2) is 20.0. The number of ketones is 4. The van der Waals surface area contributed by atoms with Gasteiger partial charge in [0, 0.05) is 119 Å². The van der Waals surface area contributed by atoms with Gasteiger partial charge in [-0.1, -0.05) is 0 Å². The Balaban J connectivity index is 1.28. The van der Waals surface area contributed by atoms with Gasteiger partial charge in [0.15, 0.2) is 23.1 Å². The minimum atomic E-state index is -0.668. The maximum atomic E-state index is 14.3. The van der Waals surface area contributed by atoms with E-state index in [9.17, 15) is 80.1 Å². The quantitative estimate of drug-likeness (QED) is 0.0502. The number of rotatable bonds is 12. The molecule has 0 atom stereocenters. The van der Waals surface area contributed by atoms with Crippen molar-refractivity contribution in [3.63, 3.8) is 0 Å². The molecule has 0 unspecified atom stereocenters. The number of benzene rings is 8. The number of fused-ring (bicyclic) bond motifs is 8. The van der Waals surface area contributed by atoms with Gasteiger partial charge in [0.25, 0.3) is 22.7 Å². The van der Waals surface area contributed by atoms with Crippen molar-refractivity contribution in [2.45, 2.75) is 25.7 Å². The zero-order valence-electron chi connectivity index (χ0n) is 39.2. The number of nitro groups is 4. The van der Waals surface area contributed by atoms with Crippen LogP contribution in [0.25, 0.3) is 0 Å². The normalized spacial score (nSPS) is 11.8. The lowest BCUT2D eigenvalue weighted by molar-refractivity contribution is -0.385. The highest BCUT2D eigenvalue weighted by atomic mass is 16.6. The fourth-order valence-corrected chi connectivity index (χ4v) is 9.07. The van der Waals surface area contributed by atoms with Crippen LogP contribution in [-0.2, 0) is 25.7 Å². The van der Waals surface area contributed by atoms with E-state index in [4.69, 9.17) is 0 Å². The summed E-state index contributed by atoms with van der Waals surface area (Å²) >= 11 is 0. The van der Waals surface area contributed by atoms with Crippen LogP contribution in [0, 0.1) is 40.5 Å². The first kappa shape index (κ1) is 50.2. The summed E-state index contributed by atoms with van der Waals surface area (Å²) in [6.07, 6.45) is -1.70. The Hall–Kier alpha value is -10.8. The minimum absolute atomic E-state index is 0.00404. The maximum absolute atomic E-state index is 14.3. The summed E-state index contributed by atoms with van der Waals surface area (Å²) in [6.45, 7) is 0. The molecule has 0 fully saturated rings. The van der Waals surface area contributed by atoms with Crippen molar-refractivity contribution in [1.82, 2.24) is 0 Å². The number of phenolic OH excluding ortho intramolecular Hbond substituents is 4. The van der Waals surface area contributed by atoms with Gasteiger partial charge in [0.05, 0.1) is 19.7 Å². The van der Waals surface area contributed by atoms with Gasteiger partial charge in [-0.3, -0.25) is 59.6 Å². The zero-order chi connectivity index (χ0) is 54.3. The Bertz CT molecular complexity index is 3220. The molecule has 1 aliphatic carbocycles. The molecule has 8 aromatic carbocycles. The van der Waals surface area contributed by atoms with Crippen molar-refractivity contribution in [3.8, 4) is 23.0 Å². The number of nitrogens with zero attached hydrogens (tertiary/aromatic N) is 4. The van der Waals surface area contributed by atoms with Crippen LogP contribution in [0.2, 0.25) is 0 Å². The summed E-state index contributed by atoms with van der Waals surface area (Å²) in [5, 5.41) is 94.7. The second-order valence-electron chi connectivity index (χ2n) is 17.8. The average molecular weight is 1020 g/mol. The number of phenols is 4. The zero-order valence-corrected chi connectivity index (χ0v) is 39.2. The third kappa shape index (κ3) is 9.91. The Kier molecular flexibility index (Phi) is 13.2. The third-order valence-corrected chi connectivity index (χ3v) is 13.0. The molecule has 0 heterocycles. The monoisotopic (exact) mass is 1020 g/mol. The van der Waals surface area contributed by atoms with Crippen molar-refractivity contribution in [1.29, 1.82) is 0 Å². The van der Waals surface area contributed by atoms with Gasteiger partial charge < -0.3 is 20.4 Å². The van der Waals surface area contributed by atoms with Crippen molar-refractivity contribution in [2.24, 2.45) is 0 Å². The second-order valence-corrected chi connectivity index (χ2v) is 17.8. The van der Waals surface area contributed by atoms with E-state index in [1.54, 1.807) is 0 Å². The van der Waals surface area contributed by atoms with E-state index in [1.165, 1.54) is 97.1 Å². The van der Waals surface area contributed by atoms with Crippen LogP contribution in [0.4, 0.5) is 22.7 Å². The van der Waals surface area contributed by atoms with E-state index in [0.29, 0.717) is 0 Å². The van der Waals surface area contributed by atoms with E-state index in [-0.39, 0.29) is 112 Å². The molecule has 9 rings (SSSR count). The largest absolute Gasteiger partial charge is 0.507 e. The summed E-state index contributed by atoms with van der Waals surface area (Å²) in [5.41, 5.74) is -1.61. The van der Waals surface area contributed by atoms with E-state index in [2.05, 4.69) is 0 Å². The van der Waals surface area contributed by atoms with E-state index < -0.39 is 91.5 Å². The van der Waals surface area contributed by atoms with Gasteiger partial charge in [-0.15, -0.1) is 0 Å². The molecule has 0 radical (unpaired) electrons. The van der Waals surface area contributed by atoms with Crippen molar-refractivity contribution in [2.75, 3.05) is 0 Å². The SMILES string of the molecule is O=C(c1ccc([N+](=O)[O-])cc1)c1cc2c(O)c(c1)Cc1cc(C(=O)c3ccc([N+](=O)[O-])cc3)cc(c1O)Cc1cc(C(=O)c3ccc([N+](=O)[O-])cc3)cc(c1O)Cc1cc(C(=O)c3ccc([N+](=O)[O-])cc3)cc(c1O)C2. The molecule has 0 saturated heterocycles. The summed E-state index contributed by atoms with van der Waals surface area (Å²) < 4.78 is 0. The van der Waals surface area contributed by atoms with E-state index >= 15 is 0 Å². The van der Waals surface area contributed by atoms with Crippen LogP contribution < -0.4 is 0 Å². The number of nitro benzene ring substituents is 4. The first-order valence-electron chi connectivity index (χ1n) is 22.8. The van der Waals surface area contributed by atoms with Gasteiger partial charge >= 0.3 is 0 Å². The van der Waals surface area contributed by atoms with Gasteiger partial charge in [0.2, 0.25) is 0 Å². The third-order valence-electron chi connectivity index (χ3n) is 13.0. The van der Waals surface area contributed by atoms with Crippen molar-refractivity contribution >= 4 is 45.9 Å². The smallest absolute Gasteiger partial charge is 0.269 e. The minimum Gasteiger partial charge on any atom is -0.507 e. The molecule has 0 aromatic heterocycles. The van der Waals surface area contributed by atoms with Gasteiger partial charge in [-0.2, -0.15) is 0 Å². The molecule has 0 saturated carbocycles. The first-order valence-corrected chi connectivity index (χ1v) is 22.8. The van der Waals surface area contributed by atoms with E-state index in [0.717, 1.165) is 48.5 Å². The summed E-state index contributed by atoms with van der Waals surface area (Å²) in [7, 11) is 0. The molecule has 1 aliphatic rings. The maximum Gasteiger partial charge on any atom is 0.269 e. The molecule has 4 N–H and O–H groups in total. The topological polar surface area (TPSA) is 322 Å². The molecule has 8 bridgehead atoms. The fourth-order valence-electron chi connectivity index (χ4n) is 9.07. The summed E-state index contributed by atoms with van der Waals surface area (Å²) in [5.74, 6) is -4.48. The van der Waals surface area contributed by atoms with Crippen LogP contribution in [0.5, 0.6) is 23.0 Å². The lowest BCUT2D eigenvalue weighted by Crippen LogP contribution is -2.09. The molecule has 20 nitrogen and oxygen atoms in total. The molecule has 20 heteroatoms. The highest BCUT2D eigenvalue weighted by molar-refractivity contribution is 6.11. The number of hydrogen-bond donors (Lipinski definition) is 4. The van der Waals surface area contributed by atoms with Crippen LogP contribution >= 0.6 is 0 Å². The Labute approximate surface area is 427 Å². The lowest BCUT2D eigenvalue weighted by atomic mass is 9.86. The summed E-state index contributed by atoms with van der Waals surface area (Å²) in [6, 6.07) is 29.3.